The third-order valence-corrected chi connectivity index (χ3v) is 3.71. The highest BCUT2D eigenvalue weighted by molar-refractivity contribution is 6.30. The van der Waals surface area contributed by atoms with Gasteiger partial charge in [0.15, 0.2) is 5.82 Å². The third kappa shape index (κ3) is 3.09. The van der Waals surface area contributed by atoms with Crippen LogP contribution < -0.4 is 10.6 Å². The Hall–Kier alpha value is -2.86. The van der Waals surface area contributed by atoms with Gasteiger partial charge < -0.3 is 5.73 Å². The van der Waals surface area contributed by atoms with Gasteiger partial charge in [-0.2, -0.15) is 9.67 Å². The standard InChI is InChI=1S/C17H16ClN5O/c1-2-15-20-17(23(21-15)14-6-4-3-5-7-14)22(16(19)24)13-10-8-12(18)9-11-13/h3-11H,2H2,1H3,(H2,19,24). The second-order valence-electron chi connectivity index (χ2n) is 5.08. The van der Waals surface area contributed by atoms with Crippen LogP contribution in [0.25, 0.3) is 5.69 Å². The second-order valence-corrected chi connectivity index (χ2v) is 5.52. The van der Waals surface area contributed by atoms with Gasteiger partial charge in [0.1, 0.15) is 0 Å². The first-order chi connectivity index (χ1) is 11.6. The summed E-state index contributed by atoms with van der Waals surface area (Å²) in [5, 5.41) is 5.05. The summed E-state index contributed by atoms with van der Waals surface area (Å²) in [4.78, 5) is 17.9. The number of benzene rings is 2. The number of carbonyl (C=O) groups excluding carboxylic acids is 1. The molecule has 0 saturated carbocycles. The first kappa shape index (κ1) is 16.0. The van der Waals surface area contributed by atoms with E-state index < -0.39 is 6.03 Å². The highest BCUT2D eigenvalue weighted by atomic mass is 35.5. The summed E-state index contributed by atoms with van der Waals surface area (Å²) in [6.07, 6.45) is 0.639. The zero-order valence-corrected chi connectivity index (χ0v) is 13.8. The molecule has 3 rings (SSSR count). The molecule has 0 aliphatic heterocycles. The number of anilines is 2. The molecule has 0 fully saturated rings. The van der Waals surface area contributed by atoms with Gasteiger partial charge in [-0.1, -0.05) is 36.7 Å². The van der Waals surface area contributed by atoms with Crippen LogP contribution in [-0.4, -0.2) is 20.8 Å². The summed E-state index contributed by atoms with van der Waals surface area (Å²) in [6.45, 7) is 1.95. The van der Waals surface area contributed by atoms with Crippen molar-refractivity contribution in [2.75, 3.05) is 4.90 Å². The SMILES string of the molecule is CCc1nc(N(C(N)=O)c2ccc(Cl)cc2)n(-c2ccccc2)n1. The van der Waals surface area contributed by atoms with Crippen molar-refractivity contribution in [2.24, 2.45) is 5.73 Å². The van der Waals surface area contributed by atoms with E-state index >= 15 is 0 Å². The molecule has 2 amide bonds. The Morgan fingerprint density at radius 1 is 1.17 bits per heavy atom. The van der Waals surface area contributed by atoms with E-state index in [0.29, 0.717) is 28.9 Å². The van der Waals surface area contributed by atoms with Gasteiger partial charge in [-0.15, -0.1) is 5.10 Å². The van der Waals surface area contributed by atoms with Gasteiger partial charge in [0.2, 0.25) is 5.95 Å². The number of halogens is 1. The molecule has 0 aliphatic rings. The van der Waals surface area contributed by atoms with Crippen LogP contribution >= 0.6 is 11.6 Å². The lowest BCUT2D eigenvalue weighted by Gasteiger charge is -2.19. The number of primary amides is 1. The van der Waals surface area contributed by atoms with Crippen LogP contribution in [0.3, 0.4) is 0 Å². The minimum Gasteiger partial charge on any atom is -0.351 e. The molecular formula is C17H16ClN5O. The van der Waals surface area contributed by atoms with Crippen LogP contribution in [0.15, 0.2) is 54.6 Å². The van der Waals surface area contributed by atoms with E-state index in [1.54, 1.807) is 28.9 Å². The van der Waals surface area contributed by atoms with Crippen molar-refractivity contribution in [2.45, 2.75) is 13.3 Å². The molecule has 0 atom stereocenters. The highest BCUT2D eigenvalue weighted by Crippen LogP contribution is 2.27. The molecule has 0 radical (unpaired) electrons. The fourth-order valence-electron chi connectivity index (χ4n) is 2.31. The predicted octanol–water partition coefficient (Wildman–Crippen LogP) is 3.70. The molecule has 0 spiro atoms. The maximum atomic E-state index is 12.1. The monoisotopic (exact) mass is 341 g/mol. The van der Waals surface area contributed by atoms with Crippen LogP contribution in [0.4, 0.5) is 16.4 Å². The average Bonchev–Trinajstić information content (AvgIpc) is 3.01. The van der Waals surface area contributed by atoms with Crippen molar-refractivity contribution in [3.05, 3.63) is 65.4 Å². The molecule has 0 bridgehead atoms. The molecule has 1 heterocycles. The summed E-state index contributed by atoms with van der Waals surface area (Å²) < 4.78 is 1.61. The zero-order valence-electron chi connectivity index (χ0n) is 13.1. The van der Waals surface area contributed by atoms with E-state index in [4.69, 9.17) is 17.3 Å². The Balaban J connectivity index is 2.16. The van der Waals surface area contributed by atoms with Crippen LogP contribution in [-0.2, 0) is 6.42 Å². The van der Waals surface area contributed by atoms with Gasteiger partial charge in [0, 0.05) is 11.4 Å². The van der Waals surface area contributed by atoms with Crippen molar-refractivity contribution < 1.29 is 4.79 Å². The maximum Gasteiger partial charge on any atom is 0.326 e. The Labute approximate surface area is 144 Å². The topological polar surface area (TPSA) is 77.0 Å². The number of hydrogen-bond donors (Lipinski definition) is 1. The number of aryl methyl sites for hydroxylation is 1. The largest absolute Gasteiger partial charge is 0.351 e. The Morgan fingerprint density at radius 2 is 1.83 bits per heavy atom. The van der Waals surface area contributed by atoms with Crippen molar-refractivity contribution >= 4 is 29.3 Å². The minimum atomic E-state index is -0.649. The fraction of sp³-hybridized carbons (Fsp3) is 0.118. The molecule has 2 aromatic carbocycles. The van der Waals surface area contributed by atoms with Gasteiger partial charge in [-0.05, 0) is 36.4 Å². The lowest BCUT2D eigenvalue weighted by atomic mass is 10.3. The van der Waals surface area contributed by atoms with E-state index in [1.165, 1.54) is 4.90 Å². The van der Waals surface area contributed by atoms with Crippen LogP contribution in [0.2, 0.25) is 5.02 Å². The van der Waals surface area contributed by atoms with E-state index in [1.807, 2.05) is 37.3 Å². The first-order valence-electron chi connectivity index (χ1n) is 7.46. The van der Waals surface area contributed by atoms with E-state index in [0.717, 1.165) is 5.69 Å². The Morgan fingerprint density at radius 3 is 2.42 bits per heavy atom. The maximum absolute atomic E-state index is 12.1. The van der Waals surface area contributed by atoms with Crippen LogP contribution in [0, 0.1) is 0 Å². The van der Waals surface area contributed by atoms with Crippen LogP contribution in [0.5, 0.6) is 0 Å². The number of nitrogens with two attached hydrogens (primary N) is 1. The van der Waals surface area contributed by atoms with Crippen molar-refractivity contribution in [1.82, 2.24) is 14.8 Å². The molecule has 7 heteroatoms. The van der Waals surface area contributed by atoms with Gasteiger partial charge >= 0.3 is 6.03 Å². The molecular weight excluding hydrogens is 326 g/mol. The van der Waals surface area contributed by atoms with Crippen LogP contribution in [0.1, 0.15) is 12.7 Å². The number of rotatable bonds is 4. The molecule has 0 saturated heterocycles. The van der Waals surface area contributed by atoms with Gasteiger partial charge in [-0.25, -0.2) is 9.69 Å². The molecule has 3 aromatic rings. The zero-order chi connectivity index (χ0) is 17.1. The normalized spacial score (nSPS) is 10.6. The predicted molar refractivity (Wildman–Crippen MR) is 93.9 cm³/mol. The lowest BCUT2D eigenvalue weighted by Crippen LogP contribution is -2.33. The molecule has 0 unspecified atom stereocenters. The fourth-order valence-corrected chi connectivity index (χ4v) is 2.44. The average molecular weight is 342 g/mol. The van der Waals surface area contributed by atoms with Gasteiger partial charge in [-0.3, -0.25) is 0 Å². The molecule has 2 N–H and O–H groups in total. The Kier molecular flexibility index (Phi) is 4.48. The molecule has 0 aliphatic carbocycles. The summed E-state index contributed by atoms with van der Waals surface area (Å²) >= 11 is 5.93. The van der Waals surface area contributed by atoms with Crippen molar-refractivity contribution in [3.8, 4) is 5.69 Å². The third-order valence-electron chi connectivity index (χ3n) is 3.46. The number of aromatic nitrogens is 3. The smallest absolute Gasteiger partial charge is 0.326 e. The second kappa shape index (κ2) is 6.72. The molecule has 24 heavy (non-hydrogen) atoms. The summed E-state index contributed by atoms with van der Waals surface area (Å²) in [5.41, 5.74) is 6.97. The highest BCUT2D eigenvalue weighted by Gasteiger charge is 2.23. The molecule has 6 nitrogen and oxygen atoms in total. The quantitative estimate of drug-likeness (QED) is 0.786. The molecule has 1 aromatic heterocycles. The number of para-hydroxylation sites is 1. The number of nitrogens with zero attached hydrogens (tertiary/aromatic N) is 4. The van der Waals surface area contributed by atoms with Crippen molar-refractivity contribution in [1.29, 1.82) is 0 Å². The number of carbonyl (C=O) groups is 1. The van der Waals surface area contributed by atoms with Gasteiger partial charge in [0.05, 0.1) is 11.4 Å². The lowest BCUT2D eigenvalue weighted by molar-refractivity contribution is 0.255. The molecule has 122 valence electrons. The van der Waals surface area contributed by atoms with E-state index in [-0.39, 0.29) is 0 Å². The minimum absolute atomic E-state index is 0.341. The van der Waals surface area contributed by atoms with E-state index in [9.17, 15) is 4.79 Å². The van der Waals surface area contributed by atoms with E-state index in [2.05, 4.69) is 10.1 Å². The Bertz CT molecular complexity index is 845. The summed E-state index contributed by atoms with van der Waals surface area (Å²) in [5.74, 6) is 0.960. The summed E-state index contributed by atoms with van der Waals surface area (Å²) in [6, 6.07) is 15.6. The number of hydrogen-bond acceptors (Lipinski definition) is 3. The number of amides is 2. The number of urea groups is 1. The first-order valence-corrected chi connectivity index (χ1v) is 7.84. The van der Waals surface area contributed by atoms with Gasteiger partial charge in [0.25, 0.3) is 0 Å². The summed E-state index contributed by atoms with van der Waals surface area (Å²) in [7, 11) is 0. The van der Waals surface area contributed by atoms with Crippen molar-refractivity contribution in [3.63, 3.8) is 0 Å².